The molecular formula is C19H20N4O2S2. The van der Waals surface area contributed by atoms with E-state index in [0.29, 0.717) is 15.0 Å². The Bertz CT molecular complexity index is 1060. The third-order valence-corrected chi connectivity index (χ3v) is 7.26. The van der Waals surface area contributed by atoms with Crippen molar-refractivity contribution in [3.63, 3.8) is 0 Å². The fourth-order valence-corrected chi connectivity index (χ4v) is 4.85. The van der Waals surface area contributed by atoms with Gasteiger partial charge in [-0.25, -0.2) is 14.0 Å². The zero-order valence-electron chi connectivity index (χ0n) is 15.3. The van der Waals surface area contributed by atoms with Gasteiger partial charge in [-0.1, -0.05) is 41.7 Å². The van der Waals surface area contributed by atoms with Crippen molar-refractivity contribution in [1.29, 1.82) is 4.78 Å². The molecule has 140 valence electrons. The largest absolute Gasteiger partial charge is 0.291 e. The van der Waals surface area contributed by atoms with Crippen LogP contribution in [0.15, 0.2) is 52.9 Å². The molecule has 0 saturated heterocycles. The normalized spacial score (nSPS) is 13.1. The molecule has 0 aliphatic rings. The molecule has 2 aromatic heterocycles. The van der Waals surface area contributed by atoms with Gasteiger partial charge in [-0.05, 0) is 24.6 Å². The van der Waals surface area contributed by atoms with Crippen molar-refractivity contribution < 1.29 is 9.00 Å². The molecule has 0 aliphatic heterocycles. The first-order valence-electron chi connectivity index (χ1n) is 8.24. The lowest BCUT2D eigenvalue weighted by atomic mass is 10.1. The summed E-state index contributed by atoms with van der Waals surface area (Å²) < 4.78 is 20.1. The number of carbonyl (C=O) groups is 1. The maximum atomic E-state index is 12.6. The van der Waals surface area contributed by atoms with Gasteiger partial charge in [-0.2, -0.15) is 0 Å². The maximum Gasteiger partial charge on any atom is 0.232 e. The first-order valence-corrected chi connectivity index (χ1v) is 11.0. The lowest BCUT2D eigenvalue weighted by Gasteiger charge is -2.14. The number of hydrogen-bond acceptors (Lipinski definition) is 6. The molecule has 0 radical (unpaired) electrons. The minimum absolute atomic E-state index is 0.117. The Morgan fingerprint density at radius 2 is 1.93 bits per heavy atom. The molecule has 1 unspecified atom stereocenters. The van der Waals surface area contributed by atoms with Crippen molar-refractivity contribution >= 4 is 32.1 Å². The Labute approximate surface area is 162 Å². The van der Waals surface area contributed by atoms with Crippen molar-refractivity contribution in [2.45, 2.75) is 17.6 Å². The molecule has 0 bridgehead atoms. The number of nitrogens with zero attached hydrogens (tertiary/aromatic N) is 3. The highest BCUT2D eigenvalue weighted by Crippen LogP contribution is 2.29. The maximum absolute atomic E-state index is 12.6. The van der Waals surface area contributed by atoms with Crippen LogP contribution in [0.5, 0.6) is 0 Å². The number of anilines is 1. The van der Waals surface area contributed by atoms with Crippen LogP contribution in [0, 0.1) is 11.7 Å². The molecule has 3 aromatic rings. The van der Waals surface area contributed by atoms with E-state index in [2.05, 4.69) is 9.97 Å². The number of carbonyl (C=O) groups excluding carboxylic acids is 1. The van der Waals surface area contributed by atoms with E-state index in [1.807, 2.05) is 42.5 Å². The van der Waals surface area contributed by atoms with Crippen LogP contribution in [0.25, 0.3) is 11.3 Å². The highest BCUT2D eigenvalue weighted by molar-refractivity contribution is 7.93. The van der Waals surface area contributed by atoms with E-state index in [9.17, 15) is 9.00 Å². The lowest BCUT2D eigenvalue weighted by Crippen LogP contribution is -2.27. The van der Waals surface area contributed by atoms with Gasteiger partial charge in [-0.3, -0.25) is 14.7 Å². The van der Waals surface area contributed by atoms with Gasteiger partial charge in [0.2, 0.25) is 5.91 Å². The molecule has 1 amide bonds. The van der Waals surface area contributed by atoms with Crippen molar-refractivity contribution in [3.05, 3.63) is 59.9 Å². The van der Waals surface area contributed by atoms with Gasteiger partial charge in [0.15, 0.2) is 5.13 Å². The summed E-state index contributed by atoms with van der Waals surface area (Å²) in [6.45, 7) is 1.71. The topological polar surface area (TPSA) is 87.0 Å². The van der Waals surface area contributed by atoms with Gasteiger partial charge in [-0.15, -0.1) is 0 Å². The van der Waals surface area contributed by atoms with E-state index >= 15 is 0 Å². The van der Waals surface area contributed by atoms with Gasteiger partial charge in [0.05, 0.1) is 27.5 Å². The first-order chi connectivity index (χ1) is 12.8. The molecule has 3 rings (SSSR count). The fourth-order valence-electron chi connectivity index (χ4n) is 2.60. The standard InChI is InChI=1S/C19H20N4O2S2/c1-13-18(27(3,20)25)26-19(22-13)23(2)17(24)12-14-7-9-15(10-8-14)16-6-4-5-11-21-16/h4-11,20H,12H2,1-3H3. The van der Waals surface area contributed by atoms with E-state index in [1.54, 1.807) is 20.2 Å². The summed E-state index contributed by atoms with van der Waals surface area (Å²) in [5.74, 6) is -0.117. The molecule has 0 aliphatic carbocycles. The van der Waals surface area contributed by atoms with Crippen LogP contribution < -0.4 is 4.90 Å². The van der Waals surface area contributed by atoms with Crippen LogP contribution in [0.4, 0.5) is 5.13 Å². The Morgan fingerprint density at radius 1 is 1.22 bits per heavy atom. The number of benzene rings is 1. The summed E-state index contributed by atoms with van der Waals surface area (Å²) in [6, 6.07) is 13.5. The summed E-state index contributed by atoms with van der Waals surface area (Å²) >= 11 is 1.14. The van der Waals surface area contributed by atoms with Crippen LogP contribution >= 0.6 is 11.3 Å². The second-order valence-corrected chi connectivity index (χ2v) is 9.59. The number of pyridine rings is 1. The monoisotopic (exact) mass is 400 g/mol. The van der Waals surface area contributed by atoms with Crippen LogP contribution in [0.3, 0.4) is 0 Å². The number of aryl methyl sites for hydroxylation is 1. The Balaban J connectivity index is 1.73. The van der Waals surface area contributed by atoms with Gasteiger partial charge >= 0.3 is 0 Å². The molecule has 1 N–H and O–H groups in total. The van der Waals surface area contributed by atoms with Crippen molar-refractivity contribution in [3.8, 4) is 11.3 Å². The Morgan fingerprint density at radius 3 is 2.48 bits per heavy atom. The van der Waals surface area contributed by atoms with Gasteiger partial charge < -0.3 is 0 Å². The van der Waals surface area contributed by atoms with Crippen LogP contribution in [-0.4, -0.2) is 33.4 Å². The molecule has 8 heteroatoms. The molecule has 0 spiro atoms. The zero-order valence-corrected chi connectivity index (χ0v) is 16.9. The Hall–Kier alpha value is -2.58. The summed E-state index contributed by atoms with van der Waals surface area (Å²) in [4.78, 5) is 22.7. The second-order valence-electron chi connectivity index (χ2n) is 6.25. The molecular weight excluding hydrogens is 380 g/mol. The lowest BCUT2D eigenvalue weighted by molar-refractivity contribution is -0.117. The van der Waals surface area contributed by atoms with Crippen molar-refractivity contribution in [2.75, 3.05) is 18.2 Å². The zero-order chi connectivity index (χ0) is 19.6. The van der Waals surface area contributed by atoms with Gasteiger partial charge in [0.1, 0.15) is 4.21 Å². The highest BCUT2D eigenvalue weighted by atomic mass is 32.2. The van der Waals surface area contributed by atoms with E-state index in [0.717, 1.165) is 28.2 Å². The number of likely N-dealkylation sites (N-methyl/N-ethyl adjacent to an activating group) is 1. The van der Waals surface area contributed by atoms with E-state index in [-0.39, 0.29) is 12.3 Å². The number of thiazole rings is 1. The SMILES string of the molecule is Cc1nc(N(C)C(=O)Cc2ccc(-c3ccccn3)cc2)sc1S(C)(=N)=O. The predicted octanol–water partition coefficient (Wildman–Crippen LogP) is 3.75. The van der Waals surface area contributed by atoms with Crippen LogP contribution in [-0.2, 0) is 20.9 Å². The quantitative estimate of drug-likeness (QED) is 0.706. The number of amides is 1. The summed E-state index contributed by atoms with van der Waals surface area (Å²) in [7, 11) is -1.20. The van der Waals surface area contributed by atoms with E-state index in [1.165, 1.54) is 11.2 Å². The van der Waals surface area contributed by atoms with Crippen molar-refractivity contribution in [2.24, 2.45) is 0 Å². The smallest absolute Gasteiger partial charge is 0.232 e. The second kappa shape index (κ2) is 7.58. The number of aromatic nitrogens is 2. The third kappa shape index (κ3) is 4.40. The molecule has 27 heavy (non-hydrogen) atoms. The van der Waals surface area contributed by atoms with E-state index < -0.39 is 9.73 Å². The Kier molecular flexibility index (Phi) is 5.38. The van der Waals surface area contributed by atoms with Gasteiger partial charge in [0.25, 0.3) is 0 Å². The molecule has 0 saturated carbocycles. The minimum Gasteiger partial charge on any atom is -0.291 e. The van der Waals surface area contributed by atoms with Gasteiger partial charge in [0, 0.05) is 25.1 Å². The molecule has 0 fully saturated rings. The minimum atomic E-state index is -2.85. The van der Waals surface area contributed by atoms with Crippen LogP contribution in [0.1, 0.15) is 11.3 Å². The number of rotatable bonds is 5. The summed E-state index contributed by atoms with van der Waals surface area (Å²) in [5.41, 5.74) is 3.31. The van der Waals surface area contributed by atoms with E-state index in [4.69, 9.17) is 4.78 Å². The van der Waals surface area contributed by atoms with Crippen LogP contribution in [0.2, 0.25) is 0 Å². The predicted molar refractivity (Wildman–Crippen MR) is 109 cm³/mol. The molecule has 6 nitrogen and oxygen atoms in total. The average molecular weight is 401 g/mol. The molecule has 2 heterocycles. The third-order valence-electron chi connectivity index (χ3n) is 4.03. The van der Waals surface area contributed by atoms with Crippen molar-refractivity contribution in [1.82, 2.24) is 9.97 Å². The number of hydrogen-bond donors (Lipinski definition) is 1. The molecule has 1 atom stereocenters. The fraction of sp³-hybridized carbons (Fsp3) is 0.211. The summed E-state index contributed by atoms with van der Waals surface area (Å²) in [6.07, 6.45) is 3.34. The summed E-state index contributed by atoms with van der Waals surface area (Å²) in [5, 5.41) is 0.458. The average Bonchev–Trinajstić information content (AvgIpc) is 3.04. The first kappa shape index (κ1) is 19.2. The number of nitrogens with one attached hydrogen (secondary N) is 1. The highest BCUT2D eigenvalue weighted by Gasteiger charge is 2.20. The molecule has 1 aromatic carbocycles.